The van der Waals surface area contributed by atoms with Crippen LogP contribution in [-0.2, 0) is 44.4 Å². The Morgan fingerprint density at radius 2 is 1.25 bits per heavy atom. The van der Waals surface area contributed by atoms with Gasteiger partial charge in [0, 0.05) is 75.5 Å². The zero-order chi connectivity index (χ0) is 47.9. The number of pyridine rings is 2. The minimum atomic E-state index is -0.961. The van der Waals surface area contributed by atoms with Crippen LogP contribution in [0.5, 0.6) is 0 Å². The number of rotatable bonds is 15. The second-order valence-electron chi connectivity index (χ2n) is 15.8. The van der Waals surface area contributed by atoms with Crippen molar-refractivity contribution >= 4 is 67.5 Å². The van der Waals surface area contributed by atoms with Crippen molar-refractivity contribution in [2.45, 2.75) is 71.1 Å². The molecule has 68 heavy (non-hydrogen) atoms. The van der Waals surface area contributed by atoms with Crippen LogP contribution in [0.15, 0.2) is 110 Å². The highest BCUT2D eigenvalue weighted by molar-refractivity contribution is 9.10. The van der Waals surface area contributed by atoms with Gasteiger partial charge in [-0.15, -0.1) is 0 Å². The number of esters is 2. The molecule has 2 aromatic carbocycles. The average molecular weight is 1050 g/mol. The van der Waals surface area contributed by atoms with Crippen molar-refractivity contribution in [2.24, 2.45) is 9.98 Å². The molecule has 6 aromatic rings. The van der Waals surface area contributed by atoms with E-state index in [0.717, 1.165) is 55.5 Å². The molecule has 0 bridgehead atoms. The highest BCUT2D eigenvalue weighted by Gasteiger charge is 2.31. The van der Waals surface area contributed by atoms with Crippen LogP contribution in [0.1, 0.15) is 103 Å². The highest BCUT2D eigenvalue weighted by atomic mass is 79.9. The number of nitrogens with zero attached hydrogens (tertiary/aromatic N) is 8. The molecule has 0 spiro atoms. The Morgan fingerprint density at radius 1 is 0.662 bits per heavy atom. The van der Waals surface area contributed by atoms with Crippen molar-refractivity contribution in [1.29, 1.82) is 0 Å². The minimum absolute atomic E-state index is 0.0368. The van der Waals surface area contributed by atoms with Gasteiger partial charge in [0.25, 0.3) is 0 Å². The molecule has 0 saturated heterocycles. The summed E-state index contributed by atoms with van der Waals surface area (Å²) in [4.78, 5) is 78.7. The first kappa shape index (κ1) is 47.4. The summed E-state index contributed by atoms with van der Waals surface area (Å²) in [6.45, 7) is 4.16. The molecule has 6 heterocycles. The van der Waals surface area contributed by atoms with Crippen molar-refractivity contribution in [2.75, 3.05) is 20.7 Å². The molecule has 18 nitrogen and oxygen atoms in total. The van der Waals surface area contributed by atoms with Gasteiger partial charge in [-0.25, -0.2) is 19.6 Å². The summed E-state index contributed by atoms with van der Waals surface area (Å²) in [5.74, 6) is 0.0857. The maximum absolute atomic E-state index is 13.0. The summed E-state index contributed by atoms with van der Waals surface area (Å²) < 4.78 is 35.1. The predicted molar refractivity (Wildman–Crippen MR) is 252 cm³/mol. The summed E-state index contributed by atoms with van der Waals surface area (Å²) in [5.41, 5.74) is 8.34. The van der Waals surface area contributed by atoms with E-state index >= 15 is 0 Å². The lowest BCUT2D eigenvalue weighted by atomic mass is 10.0. The van der Waals surface area contributed by atoms with Gasteiger partial charge < -0.3 is 28.4 Å². The molecule has 0 amide bonds. The molecule has 0 fully saturated rings. The number of aliphatic imine (C=N–C) groups is 2. The van der Waals surface area contributed by atoms with E-state index in [1.54, 1.807) is 38.6 Å². The number of carbonyl (C=O) groups excluding carboxylic acids is 4. The third-order valence-electron chi connectivity index (χ3n) is 10.8. The van der Waals surface area contributed by atoms with E-state index in [4.69, 9.17) is 48.6 Å². The first-order chi connectivity index (χ1) is 32.9. The number of hydrogen-bond acceptors (Lipinski definition) is 16. The molecule has 0 N–H and O–H groups in total. The number of ether oxygens (including phenoxy) is 6. The van der Waals surface area contributed by atoms with Gasteiger partial charge in [0.15, 0.2) is 0 Å². The van der Waals surface area contributed by atoms with E-state index in [1.807, 2.05) is 78.2 Å². The standard InChI is InChI=1S/C48H44Br2N8O10/c1-27(2)68-48(62)67-26-65-42(60)17-13-38-46-54-24-32(58(46)40-15-10-31(50)21-34(40)43(56-38)35-7-5-6-18-51-35)19-29-8-11-36(52-23-29)44-33-20-30(49)9-14-39(33)57-28(3)22-53-45(57)37(55-44)12-16-41(59)64-25-66-47(61)63-4/h5-11,14-15,18,20-24,27,37-38H,12-13,16-17,19,25-26H2,1-4H3/t37-,38-/m0/s1. The number of benzene rings is 2. The minimum Gasteiger partial charge on any atom is -0.438 e. The van der Waals surface area contributed by atoms with Gasteiger partial charge in [0.2, 0.25) is 13.6 Å². The van der Waals surface area contributed by atoms with Crippen LogP contribution in [0.25, 0.3) is 11.4 Å². The quantitative estimate of drug-likeness (QED) is 0.0534. The molecule has 0 radical (unpaired) electrons. The summed E-state index contributed by atoms with van der Waals surface area (Å²) in [7, 11) is 1.16. The summed E-state index contributed by atoms with van der Waals surface area (Å²) >= 11 is 7.31. The highest BCUT2D eigenvalue weighted by Crippen LogP contribution is 2.37. The number of halogens is 2. The van der Waals surface area contributed by atoms with Crippen LogP contribution in [0.3, 0.4) is 0 Å². The largest absolute Gasteiger partial charge is 0.511 e. The first-order valence-electron chi connectivity index (χ1n) is 21.5. The van der Waals surface area contributed by atoms with Crippen molar-refractivity contribution in [3.63, 3.8) is 0 Å². The molecule has 0 saturated carbocycles. The van der Waals surface area contributed by atoms with Crippen LogP contribution in [-0.4, -0.2) is 91.5 Å². The van der Waals surface area contributed by atoms with Gasteiger partial charge in [-0.2, -0.15) is 0 Å². The SMILES string of the molecule is COC(=O)OCOC(=O)CC[C@@H]1N=C(c2ccc(Cc3cnc4n3-c3ccc(Br)cc3C(c3ccccn3)=N[C@H]4CCC(=O)OCOC(=O)OC(C)C)cn2)c2cc(Br)ccc2-n2c(C)cnc21. The molecule has 350 valence electrons. The second-order valence-corrected chi connectivity index (χ2v) is 17.6. The van der Waals surface area contributed by atoms with E-state index < -0.39 is 49.9 Å². The van der Waals surface area contributed by atoms with Crippen molar-refractivity contribution in [3.8, 4) is 11.4 Å². The Kier molecular flexibility index (Phi) is 14.8. The Labute approximate surface area is 407 Å². The number of imidazole rings is 2. The van der Waals surface area contributed by atoms with E-state index in [2.05, 4.69) is 46.1 Å². The van der Waals surface area contributed by atoms with E-state index in [9.17, 15) is 19.2 Å². The van der Waals surface area contributed by atoms with Crippen LogP contribution < -0.4 is 0 Å². The zero-order valence-corrected chi connectivity index (χ0v) is 40.4. The molecular formula is C48H44Br2N8O10. The fraction of sp³-hybridized carbons (Fsp3) is 0.292. The topological polar surface area (TPSA) is 210 Å². The fourth-order valence-corrected chi connectivity index (χ4v) is 8.52. The molecule has 0 unspecified atom stereocenters. The number of aromatic nitrogens is 6. The van der Waals surface area contributed by atoms with Gasteiger partial charge in [-0.3, -0.25) is 38.7 Å². The molecular weight excluding hydrogens is 1010 g/mol. The van der Waals surface area contributed by atoms with Crippen molar-refractivity contribution in [1.82, 2.24) is 29.1 Å². The normalized spacial score (nSPS) is 14.7. The van der Waals surface area contributed by atoms with Crippen molar-refractivity contribution in [3.05, 3.63) is 152 Å². The van der Waals surface area contributed by atoms with Crippen molar-refractivity contribution < 1.29 is 47.6 Å². The first-order valence-corrected chi connectivity index (χ1v) is 23.0. The number of carbonyl (C=O) groups is 4. The van der Waals surface area contributed by atoms with E-state index in [-0.39, 0.29) is 31.8 Å². The molecule has 20 heteroatoms. The Bertz CT molecular complexity index is 2920. The third kappa shape index (κ3) is 10.9. The number of fused-ring (bicyclic) bond motifs is 6. The number of hydrogen-bond donors (Lipinski definition) is 0. The van der Waals surface area contributed by atoms with Crippen LogP contribution in [0.2, 0.25) is 0 Å². The van der Waals surface area contributed by atoms with Gasteiger partial charge in [-0.05, 0) is 93.8 Å². The second kappa shape index (κ2) is 21.3. The Morgan fingerprint density at radius 3 is 1.82 bits per heavy atom. The molecule has 0 aliphatic carbocycles. The smallest absolute Gasteiger partial charge is 0.438 e. The van der Waals surface area contributed by atoms with Gasteiger partial charge >= 0.3 is 24.2 Å². The van der Waals surface area contributed by atoms with E-state index in [0.29, 0.717) is 40.9 Å². The van der Waals surface area contributed by atoms with Gasteiger partial charge in [-0.1, -0.05) is 44.0 Å². The maximum atomic E-state index is 13.0. The summed E-state index contributed by atoms with van der Waals surface area (Å²) in [6, 6.07) is 20.2. The molecule has 2 atom stereocenters. The average Bonchev–Trinajstić information content (AvgIpc) is 3.84. The molecule has 2 aliphatic rings. The van der Waals surface area contributed by atoms with Gasteiger partial charge in [0.05, 0.1) is 47.4 Å². The predicted octanol–water partition coefficient (Wildman–Crippen LogP) is 8.96. The number of methoxy groups -OCH3 is 1. The monoisotopic (exact) mass is 1050 g/mol. The lowest BCUT2D eigenvalue weighted by Crippen LogP contribution is -2.17. The van der Waals surface area contributed by atoms with Crippen LogP contribution in [0, 0.1) is 6.92 Å². The molecule has 8 rings (SSSR count). The lowest BCUT2D eigenvalue weighted by molar-refractivity contribution is -0.154. The van der Waals surface area contributed by atoms with Crippen LogP contribution in [0.4, 0.5) is 9.59 Å². The van der Waals surface area contributed by atoms with Crippen LogP contribution >= 0.6 is 31.9 Å². The Hall–Kier alpha value is -7.06. The molecule has 4 aromatic heterocycles. The number of aryl methyl sites for hydroxylation is 1. The van der Waals surface area contributed by atoms with Gasteiger partial charge in [0.1, 0.15) is 23.7 Å². The third-order valence-corrected chi connectivity index (χ3v) is 11.8. The molecule has 2 aliphatic heterocycles. The fourth-order valence-electron chi connectivity index (χ4n) is 7.80. The lowest BCUT2D eigenvalue weighted by Gasteiger charge is -2.16. The maximum Gasteiger partial charge on any atom is 0.511 e. The van der Waals surface area contributed by atoms with E-state index in [1.165, 1.54) is 0 Å². The summed E-state index contributed by atoms with van der Waals surface area (Å²) in [5, 5.41) is 0. The summed E-state index contributed by atoms with van der Waals surface area (Å²) in [6.07, 6.45) is 5.59. The Balaban J connectivity index is 1.09. The zero-order valence-electron chi connectivity index (χ0n) is 37.3.